The lowest BCUT2D eigenvalue weighted by atomic mass is 10.1. The molecule has 30 heavy (non-hydrogen) atoms. The molecule has 1 heterocycles. The summed E-state index contributed by atoms with van der Waals surface area (Å²) in [7, 11) is 0. The summed E-state index contributed by atoms with van der Waals surface area (Å²) in [6.45, 7) is 4.37. The van der Waals surface area contributed by atoms with Gasteiger partial charge < -0.3 is 15.0 Å². The van der Waals surface area contributed by atoms with Gasteiger partial charge in [-0.3, -0.25) is 14.5 Å². The van der Waals surface area contributed by atoms with Gasteiger partial charge in [-0.2, -0.15) is 0 Å². The van der Waals surface area contributed by atoms with Crippen LogP contribution >= 0.6 is 0 Å². The Kier molecular flexibility index (Phi) is 7.35. The number of carbonyl (C=O) groups is 2. The van der Waals surface area contributed by atoms with Crippen LogP contribution in [0.5, 0.6) is 5.75 Å². The zero-order valence-electron chi connectivity index (χ0n) is 16.9. The fraction of sp³-hybridized carbons (Fsp3) is 0.364. The van der Waals surface area contributed by atoms with Crippen LogP contribution in [0, 0.1) is 18.6 Å². The van der Waals surface area contributed by atoms with Gasteiger partial charge in [-0.15, -0.1) is 0 Å². The van der Waals surface area contributed by atoms with E-state index in [0.29, 0.717) is 44.0 Å². The summed E-state index contributed by atoms with van der Waals surface area (Å²) in [5, 5.41) is 2.84. The number of nitrogens with zero attached hydrogens (tertiary/aromatic N) is 2. The number of rotatable bonds is 7. The van der Waals surface area contributed by atoms with Gasteiger partial charge >= 0.3 is 0 Å². The standard InChI is InChI=1S/C22H25F2N3O3/c1-16-12-17(2-7-20(16)24)13-25-21(28)14-26-8-10-27(11-9-26)22(29)15-30-19-5-3-18(23)4-6-19/h2-7,12H,8-11,13-15H2,1H3,(H,25,28). The van der Waals surface area contributed by atoms with Crippen LogP contribution in [0.3, 0.4) is 0 Å². The SMILES string of the molecule is Cc1cc(CNC(=O)CN2CCN(C(=O)COc3ccc(F)cc3)CC2)ccc1F. The molecule has 1 N–H and O–H groups in total. The average molecular weight is 417 g/mol. The highest BCUT2D eigenvalue weighted by atomic mass is 19.1. The normalized spacial score (nSPS) is 14.4. The van der Waals surface area contributed by atoms with Gasteiger partial charge in [0.05, 0.1) is 6.54 Å². The van der Waals surface area contributed by atoms with Gasteiger partial charge in [0.25, 0.3) is 5.91 Å². The molecular weight excluding hydrogens is 392 g/mol. The third-order valence-electron chi connectivity index (χ3n) is 4.98. The Labute approximate surface area is 174 Å². The van der Waals surface area contributed by atoms with E-state index in [9.17, 15) is 18.4 Å². The third-order valence-corrected chi connectivity index (χ3v) is 4.98. The lowest BCUT2D eigenvalue weighted by Crippen LogP contribution is -2.52. The Hall–Kier alpha value is -3.00. The highest BCUT2D eigenvalue weighted by Gasteiger charge is 2.22. The number of nitrogens with one attached hydrogen (secondary N) is 1. The maximum absolute atomic E-state index is 13.3. The van der Waals surface area contributed by atoms with Crippen molar-refractivity contribution in [3.05, 3.63) is 65.2 Å². The van der Waals surface area contributed by atoms with Gasteiger partial charge in [-0.1, -0.05) is 12.1 Å². The monoisotopic (exact) mass is 417 g/mol. The second-order valence-electron chi connectivity index (χ2n) is 7.26. The number of hydrogen-bond acceptors (Lipinski definition) is 4. The number of benzene rings is 2. The van der Waals surface area contributed by atoms with Crippen molar-refractivity contribution in [2.75, 3.05) is 39.3 Å². The van der Waals surface area contributed by atoms with E-state index in [4.69, 9.17) is 4.74 Å². The second kappa shape index (κ2) is 10.2. The van der Waals surface area contributed by atoms with Crippen molar-refractivity contribution in [3.63, 3.8) is 0 Å². The van der Waals surface area contributed by atoms with Crippen molar-refractivity contribution in [1.29, 1.82) is 0 Å². The number of carbonyl (C=O) groups excluding carboxylic acids is 2. The van der Waals surface area contributed by atoms with Gasteiger partial charge in [-0.25, -0.2) is 8.78 Å². The molecule has 2 aromatic carbocycles. The van der Waals surface area contributed by atoms with E-state index >= 15 is 0 Å². The molecule has 8 heteroatoms. The summed E-state index contributed by atoms with van der Waals surface area (Å²) < 4.78 is 31.6. The minimum absolute atomic E-state index is 0.108. The lowest BCUT2D eigenvalue weighted by molar-refractivity contribution is -0.135. The van der Waals surface area contributed by atoms with E-state index in [1.54, 1.807) is 24.0 Å². The first-order valence-corrected chi connectivity index (χ1v) is 9.81. The van der Waals surface area contributed by atoms with Crippen LogP contribution in [0.4, 0.5) is 8.78 Å². The minimum atomic E-state index is -0.360. The van der Waals surface area contributed by atoms with Crippen molar-refractivity contribution in [2.45, 2.75) is 13.5 Å². The fourth-order valence-corrected chi connectivity index (χ4v) is 3.20. The maximum Gasteiger partial charge on any atom is 0.260 e. The van der Waals surface area contributed by atoms with Crippen LogP contribution in [0.15, 0.2) is 42.5 Å². The average Bonchev–Trinajstić information content (AvgIpc) is 2.74. The van der Waals surface area contributed by atoms with E-state index in [2.05, 4.69) is 5.32 Å². The first-order chi connectivity index (χ1) is 14.4. The van der Waals surface area contributed by atoms with Crippen LogP contribution in [-0.2, 0) is 16.1 Å². The molecule has 6 nitrogen and oxygen atoms in total. The Morgan fingerprint density at radius 1 is 1.03 bits per heavy atom. The summed E-state index contributed by atoms with van der Waals surface area (Å²) in [5.74, 6) is -0.440. The first-order valence-electron chi connectivity index (χ1n) is 9.81. The topological polar surface area (TPSA) is 61.9 Å². The van der Waals surface area contributed by atoms with Crippen molar-refractivity contribution < 1.29 is 23.1 Å². The quantitative estimate of drug-likeness (QED) is 0.750. The number of aryl methyl sites for hydroxylation is 1. The van der Waals surface area contributed by atoms with E-state index < -0.39 is 0 Å². The molecule has 160 valence electrons. The summed E-state index contributed by atoms with van der Waals surface area (Å²) in [4.78, 5) is 28.1. The Bertz CT molecular complexity index is 882. The summed E-state index contributed by atoms with van der Waals surface area (Å²) >= 11 is 0. The minimum Gasteiger partial charge on any atom is -0.484 e. The van der Waals surface area contributed by atoms with Gasteiger partial charge in [-0.05, 0) is 48.4 Å². The van der Waals surface area contributed by atoms with Crippen LogP contribution < -0.4 is 10.1 Å². The molecule has 0 spiro atoms. The summed E-state index contributed by atoms with van der Waals surface area (Å²) in [5.41, 5.74) is 1.39. The van der Waals surface area contributed by atoms with E-state index in [0.717, 1.165) is 5.56 Å². The number of hydrogen-bond donors (Lipinski definition) is 1. The van der Waals surface area contributed by atoms with Crippen LogP contribution in [0.2, 0.25) is 0 Å². The Balaban J connectivity index is 1.36. The molecule has 0 radical (unpaired) electrons. The highest BCUT2D eigenvalue weighted by molar-refractivity contribution is 5.79. The summed E-state index contributed by atoms with van der Waals surface area (Å²) in [6, 6.07) is 10.3. The number of piperazine rings is 1. The number of ether oxygens (including phenoxy) is 1. The fourth-order valence-electron chi connectivity index (χ4n) is 3.20. The molecule has 1 aliphatic rings. The van der Waals surface area contributed by atoms with Crippen molar-refractivity contribution >= 4 is 11.8 Å². The first kappa shape index (κ1) is 21.7. The lowest BCUT2D eigenvalue weighted by Gasteiger charge is -2.34. The Morgan fingerprint density at radius 3 is 2.40 bits per heavy atom. The molecule has 0 aromatic heterocycles. The molecule has 1 fully saturated rings. The van der Waals surface area contributed by atoms with Crippen LogP contribution in [0.1, 0.15) is 11.1 Å². The van der Waals surface area contributed by atoms with Gasteiger partial charge in [0.15, 0.2) is 6.61 Å². The molecule has 2 amide bonds. The molecule has 3 rings (SSSR count). The molecule has 0 atom stereocenters. The Morgan fingerprint density at radius 2 is 1.73 bits per heavy atom. The third kappa shape index (κ3) is 6.25. The van der Waals surface area contributed by atoms with Crippen molar-refractivity contribution in [3.8, 4) is 5.75 Å². The molecular formula is C22H25F2N3O3. The predicted octanol–water partition coefficient (Wildman–Crippen LogP) is 2.11. The van der Waals surface area contributed by atoms with Crippen LogP contribution in [0.25, 0.3) is 0 Å². The van der Waals surface area contributed by atoms with E-state index in [-0.39, 0.29) is 36.6 Å². The number of halogens is 2. The second-order valence-corrected chi connectivity index (χ2v) is 7.26. The van der Waals surface area contributed by atoms with Gasteiger partial charge in [0.1, 0.15) is 17.4 Å². The highest BCUT2D eigenvalue weighted by Crippen LogP contribution is 2.12. The number of amides is 2. The molecule has 1 saturated heterocycles. The molecule has 0 aliphatic carbocycles. The molecule has 2 aromatic rings. The van der Waals surface area contributed by atoms with Crippen molar-refractivity contribution in [1.82, 2.24) is 15.1 Å². The molecule has 1 aliphatic heterocycles. The molecule has 0 bridgehead atoms. The maximum atomic E-state index is 13.3. The molecule has 0 unspecified atom stereocenters. The predicted molar refractivity (Wildman–Crippen MR) is 108 cm³/mol. The van der Waals surface area contributed by atoms with Crippen molar-refractivity contribution in [2.24, 2.45) is 0 Å². The zero-order valence-corrected chi connectivity index (χ0v) is 16.9. The largest absolute Gasteiger partial charge is 0.484 e. The summed E-state index contributed by atoms with van der Waals surface area (Å²) in [6.07, 6.45) is 0. The van der Waals surface area contributed by atoms with E-state index in [1.165, 1.54) is 30.3 Å². The van der Waals surface area contributed by atoms with E-state index in [1.807, 2.05) is 4.90 Å². The van der Waals surface area contributed by atoms with Gasteiger partial charge in [0.2, 0.25) is 5.91 Å². The zero-order chi connectivity index (χ0) is 21.5. The van der Waals surface area contributed by atoms with Crippen LogP contribution in [-0.4, -0.2) is 60.9 Å². The molecule has 0 saturated carbocycles. The smallest absolute Gasteiger partial charge is 0.260 e. The van der Waals surface area contributed by atoms with Gasteiger partial charge in [0, 0.05) is 32.7 Å².